The van der Waals surface area contributed by atoms with Gasteiger partial charge in [0.1, 0.15) is 6.10 Å². The summed E-state index contributed by atoms with van der Waals surface area (Å²) in [6.45, 7) is 9.57. The number of esters is 1. The van der Waals surface area contributed by atoms with Crippen molar-refractivity contribution in [3.8, 4) is 0 Å². The summed E-state index contributed by atoms with van der Waals surface area (Å²) in [4.78, 5) is 39.5. The summed E-state index contributed by atoms with van der Waals surface area (Å²) in [5, 5.41) is 12.6. The number of fused-ring (bicyclic) bond motifs is 1. The third kappa shape index (κ3) is 8.45. The van der Waals surface area contributed by atoms with Gasteiger partial charge in [-0.2, -0.15) is 0 Å². The molecule has 0 fully saturated rings. The summed E-state index contributed by atoms with van der Waals surface area (Å²) in [5.41, 5.74) is 2.20. The highest BCUT2D eigenvalue weighted by Gasteiger charge is 2.31. The van der Waals surface area contributed by atoms with Crippen LogP contribution in [0.1, 0.15) is 56.6 Å². The second-order valence-electron chi connectivity index (χ2n) is 8.84. The Morgan fingerprint density at radius 1 is 1.21 bits per heavy atom. The zero-order valence-corrected chi connectivity index (χ0v) is 20.2. The summed E-state index contributed by atoms with van der Waals surface area (Å²) < 4.78 is 5.36. The first-order chi connectivity index (χ1) is 16.4. The quantitative estimate of drug-likeness (QED) is 0.247. The van der Waals surface area contributed by atoms with Crippen LogP contribution in [-0.2, 0) is 32.1 Å². The molecule has 0 aromatic heterocycles. The summed E-state index contributed by atoms with van der Waals surface area (Å²) >= 11 is 0. The predicted octanol–water partition coefficient (Wildman–Crippen LogP) is 3.31. The first-order valence-electron chi connectivity index (χ1n) is 12.1. The van der Waals surface area contributed by atoms with Crippen molar-refractivity contribution in [1.29, 1.82) is 0 Å². The van der Waals surface area contributed by atoms with Crippen molar-refractivity contribution in [1.82, 2.24) is 10.2 Å². The number of hydrogen-bond donors (Lipinski definition) is 2. The van der Waals surface area contributed by atoms with Crippen molar-refractivity contribution in [2.75, 3.05) is 13.2 Å². The van der Waals surface area contributed by atoms with Crippen LogP contribution in [-0.4, -0.2) is 53.1 Å². The SMILES string of the molecule is C=CCCCCC(=O)OC(C)CNC(=O)C(CC=C)CC(=O)N1Cc2ccccc2CC1CO. The van der Waals surface area contributed by atoms with Crippen LogP contribution in [0.3, 0.4) is 0 Å². The van der Waals surface area contributed by atoms with Gasteiger partial charge in [-0.15, -0.1) is 13.2 Å². The number of aliphatic hydroxyl groups excluding tert-OH is 1. The summed E-state index contributed by atoms with van der Waals surface area (Å²) in [5.74, 6) is -1.32. The molecule has 2 amide bonds. The highest BCUT2D eigenvalue weighted by Crippen LogP contribution is 2.25. The Morgan fingerprint density at radius 3 is 2.62 bits per heavy atom. The molecule has 1 aromatic carbocycles. The van der Waals surface area contributed by atoms with Gasteiger partial charge in [0.05, 0.1) is 25.1 Å². The lowest BCUT2D eigenvalue weighted by Gasteiger charge is -2.36. The maximum atomic E-state index is 13.1. The monoisotopic (exact) mass is 470 g/mol. The van der Waals surface area contributed by atoms with Crippen LogP contribution in [0.25, 0.3) is 0 Å². The zero-order chi connectivity index (χ0) is 24.9. The van der Waals surface area contributed by atoms with E-state index in [0.717, 1.165) is 30.4 Å². The topological polar surface area (TPSA) is 95.9 Å². The van der Waals surface area contributed by atoms with E-state index in [9.17, 15) is 19.5 Å². The van der Waals surface area contributed by atoms with Crippen molar-refractivity contribution in [2.45, 2.75) is 70.6 Å². The summed E-state index contributed by atoms with van der Waals surface area (Å²) in [6.07, 6.45) is 6.78. The van der Waals surface area contributed by atoms with Crippen molar-refractivity contribution >= 4 is 17.8 Å². The zero-order valence-electron chi connectivity index (χ0n) is 20.2. The molecule has 0 saturated carbocycles. The molecule has 3 atom stereocenters. The van der Waals surface area contributed by atoms with E-state index in [1.165, 1.54) is 0 Å². The van der Waals surface area contributed by atoms with Crippen LogP contribution in [0.5, 0.6) is 0 Å². The maximum Gasteiger partial charge on any atom is 0.306 e. The molecule has 2 rings (SSSR count). The number of ether oxygens (including phenoxy) is 1. The van der Waals surface area contributed by atoms with Gasteiger partial charge in [-0.05, 0) is 50.2 Å². The van der Waals surface area contributed by atoms with Gasteiger partial charge in [0.2, 0.25) is 11.8 Å². The van der Waals surface area contributed by atoms with Crippen LogP contribution in [0, 0.1) is 5.92 Å². The molecule has 1 heterocycles. The average Bonchev–Trinajstić information content (AvgIpc) is 2.83. The number of allylic oxidation sites excluding steroid dienone is 2. The standard InChI is InChI=1S/C27H38N2O5/c1-4-6-7-8-14-26(32)34-20(3)17-28-27(33)22(11-5-2)16-25(31)29-18-23-13-10-9-12-21(23)15-24(29)19-30/h4-5,9-10,12-13,20,22,24,30H,1-2,6-8,11,14-19H2,3H3,(H,28,33). The lowest BCUT2D eigenvalue weighted by molar-refractivity contribution is -0.148. The Morgan fingerprint density at radius 2 is 1.94 bits per heavy atom. The van der Waals surface area contributed by atoms with E-state index in [1.807, 2.05) is 30.3 Å². The molecule has 34 heavy (non-hydrogen) atoms. The number of carbonyl (C=O) groups excluding carboxylic acids is 3. The lowest BCUT2D eigenvalue weighted by atomic mass is 9.92. The van der Waals surface area contributed by atoms with E-state index in [0.29, 0.717) is 25.8 Å². The molecule has 0 saturated heterocycles. The number of aliphatic hydroxyl groups is 1. The van der Waals surface area contributed by atoms with Crippen LogP contribution in [0.4, 0.5) is 0 Å². The highest BCUT2D eigenvalue weighted by atomic mass is 16.5. The Hall–Kier alpha value is -2.93. The van der Waals surface area contributed by atoms with Crippen molar-refractivity contribution in [3.05, 3.63) is 60.7 Å². The van der Waals surface area contributed by atoms with Gasteiger partial charge >= 0.3 is 5.97 Å². The van der Waals surface area contributed by atoms with Crippen LogP contribution in [0.15, 0.2) is 49.6 Å². The van der Waals surface area contributed by atoms with E-state index in [4.69, 9.17) is 4.74 Å². The fourth-order valence-corrected chi connectivity index (χ4v) is 4.13. The molecule has 1 aliphatic heterocycles. The maximum absolute atomic E-state index is 13.1. The molecule has 0 radical (unpaired) electrons. The lowest BCUT2D eigenvalue weighted by Crippen LogP contribution is -2.47. The summed E-state index contributed by atoms with van der Waals surface area (Å²) in [7, 11) is 0. The van der Waals surface area contributed by atoms with Gasteiger partial charge in [0.15, 0.2) is 0 Å². The Kier molecular flexibility index (Phi) is 11.5. The Balaban J connectivity index is 1.88. The largest absolute Gasteiger partial charge is 0.461 e. The minimum atomic E-state index is -0.580. The van der Waals surface area contributed by atoms with Crippen molar-refractivity contribution in [3.63, 3.8) is 0 Å². The molecule has 186 valence electrons. The minimum absolute atomic E-state index is 0.0218. The van der Waals surface area contributed by atoms with Crippen LogP contribution < -0.4 is 5.32 Å². The molecular weight excluding hydrogens is 432 g/mol. The Labute approximate surface area is 202 Å². The predicted molar refractivity (Wildman–Crippen MR) is 132 cm³/mol. The second-order valence-corrected chi connectivity index (χ2v) is 8.84. The van der Waals surface area contributed by atoms with Gasteiger partial charge in [0, 0.05) is 19.4 Å². The van der Waals surface area contributed by atoms with Gasteiger partial charge in [-0.25, -0.2) is 0 Å². The molecule has 0 aliphatic carbocycles. The smallest absolute Gasteiger partial charge is 0.306 e. The number of nitrogens with one attached hydrogen (secondary N) is 1. The molecule has 0 bridgehead atoms. The van der Waals surface area contributed by atoms with Crippen molar-refractivity contribution in [2.24, 2.45) is 5.92 Å². The first-order valence-corrected chi connectivity index (χ1v) is 12.1. The minimum Gasteiger partial charge on any atom is -0.461 e. The van der Waals surface area contributed by atoms with E-state index in [2.05, 4.69) is 18.5 Å². The number of amides is 2. The molecule has 0 spiro atoms. The van der Waals surface area contributed by atoms with E-state index >= 15 is 0 Å². The third-order valence-electron chi connectivity index (χ3n) is 6.07. The van der Waals surface area contributed by atoms with Crippen molar-refractivity contribution < 1.29 is 24.2 Å². The second kappa shape index (κ2) is 14.4. The van der Waals surface area contributed by atoms with Gasteiger partial charge in [-0.3, -0.25) is 14.4 Å². The number of hydrogen-bond acceptors (Lipinski definition) is 5. The number of unbranched alkanes of at least 4 members (excludes halogenated alkanes) is 2. The number of rotatable bonds is 14. The molecule has 1 aromatic rings. The average molecular weight is 471 g/mol. The fraction of sp³-hybridized carbons (Fsp3) is 0.519. The highest BCUT2D eigenvalue weighted by molar-refractivity contribution is 5.86. The van der Waals surface area contributed by atoms with Gasteiger partial charge < -0.3 is 20.1 Å². The van der Waals surface area contributed by atoms with E-state index < -0.39 is 12.0 Å². The normalized spacial score (nSPS) is 16.6. The Bertz CT molecular complexity index is 853. The molecule has 1 aliphatic rings. The first kappa shape index (κ1) is 27.3. The molecule has 2 N–H and O–H groups in total. The third-order valence-corrected chi connectivity index (χ3v) is 6.07. The van der Waals surface area contributed by atoms with E-state index in [-0.39, 0.29) is 43.4 Å². The molecular formula is C27H38N2O5. The number of nitrogens with zero attached hydrogens (tertiary/aromatic N) is 1. The van der Waals surface area contributed by atoms with Gasteiger partial charge in [-0.1, -0.05) is 36.4 Å². The summed E-state index contributed by atoms with van der Waals surface area (Å²) in [6, 6.07) is 7.59. The van der Waals surface area contributed by atoms with E-state index in [1.54, 1.807) is 17.9 Å². The van der Waals surface area contributed by atoms with Gasteiger partial charge in [0.25, 0.3) is 0 Å². The molecule has 7 nitrogen and oxygen atoms in total. The fourth-order valence-electron chi connectivity index (χ4n) is 4.13. The van der Waals surface area contributed by atoms with Crippen LogP contribution >= 0.6 is 0 Å². The number of benzene rings is 1. The number of carbonyl (C=O) groups is 3. The molecule has 3 unspecified atom stereocenters. The van der Waals surface area contributed by atoms with Crippen LogP contribution in [0.2, 0.25) is 0 Å². The molecule has 7 heteroatoms.